The third-order valence-corrected chi connectivity index (χ3v) is 13.0. The minimum Gasteiger partial charge on any atom is -0.547 e. The number of rotatable bonds is 2. The van der Waals surface area contributed by atoms with Crippen molar-refractivity contribution in [3.63, 3.8) is 0 Å². The summed E-state index contributed by atoms with van der Waals surface area (Å²) in [6.45, 7) is 16.6. The zero-order chi connectivity index (χ0) is 22.4. The summed E-state index contributed by atoms with van der Waals surface area (Å²) < 4.78 is 12.5. The Morgan fingerprint density at radius 1 is 1.17 bits per heavy atom. The number of Topliss-reactive ketones (excluding diaryl/α,β-unsaturated/α-hetero) is 1. The Labute approximate surface area is 180 Å². The number of ketones is 2. The van der Waals surface area contributed by atoms with Crippen molar-refractivity contribution in [3.05, 3.63) is 23.0 Å². The average molecular weight is 431 g/mol. The molecule has 1 aliphatic heterocycles. The topological polar surface area (TPSA) is 69.7 Å². The van der Waals surface area contributed by atoms with Crippen LogP contribution in [0.3, 0.4) is 0 Å². The smallest absolute Gasteiger partial charge is 0.309 e. The first-order chi connectivity index (χ1) is 13.7. The minimum atomic E-state index is -2.13. The summed E-state index contributed by atoms with van der Waals surface area (Å²) in [6.07, 6.45) is 2.36. The molecule has 6 heteroatoms. The van der Waals surface area contributed by atoms with E-state index in [1.165, 1.54) is 6.08 Å². The Morgan fingerprint density at radius 2 is 1.80 bits per heavy atom. The Balaban J connectivity index is 1.88. The molecule has 0 aromatic rings. The second-order valence-electron chi connectivity index (χ2n) is 11.4. The van der Waals surface area contributed by atoms with Crippen LogP contribution < -0.4 is 0 Å². The fourth-order valence-electron chi connectivity index (χ4n) is 5.93. The van der Waals surface area contributed by atoms with Crippen LogP contribution >= 0.6 is 0 Å². The molecule has 164 valence electrons. The second kappa shape index (κ2) is 6.41. The van der Waals surface area contributed by atoms with Crippen LogP contribution in [0, 0.1) is 29.1 Å². The lowest BCUT2D eigenvalue weighted by Gasteiger charge is -2.50. The van der Waals surface area contributed by atoms with E-state index in [-0.39, 0.29) is 46.4 Å². The predicted molar refractivity (Wildman–Crippen MR) is 116 cm³/mol. The quantitative estimate of drug-likeness (QED) is 0.474. The maximum Gasteiger partial charge on any atom is 0.309 e. The van der Waals surface area contributed by atoms with Crippen molar-refractivity contribution in [2.24, 2.45) is 29.1 Å². The van der Waals surface area contributed by atoms with E-state index < -0.39 is 19.7 Å². The van der Waals surface area contributed by atoms with E-state index >= 15 is 0 Å². The summed E-state index contributed by atoms with van der Waals surface area (Å²) in [5, 5.41) is 0.0218. The van der Waals surface area contributed by atoms with Gasteiger partial charge in [0.25, 0.3) is 0 Å². The van der Waals surface area contributed by atoms with Gasteiger partial charge >= 0.3 is 5.97 Å². The molecule has 30 heavy (non-hydrogen) atoms. The molecule has 1 saturated carbocycles. The molecule has 0 unspecified atom stereocenters. The highest BCUT2D eigenvalue weighted by molar-refractivity contribution is 6.74. The van der Waals surface area contributed by atoms with Gasteiger partial charge in [-0.2, -0.15) is 0 Å². The predicted octanol–water partition coefficient (Wildman–Crippen LogP) is 4.58. The van der Waals surface area contributed by atoms with Gasteiger partial charge in [0.05, 0.1) is 11.7 Å². The van der Waals surface area contributed by atoms with Crippen molar-refractivity contribution in [3.8, 4) is 0 Å². The minimum absolute atomic E-state index is 0.00586. The Kier molecular flexibility index (Phi) is 4.60. The van der Waals surface area contributed by atoms with Gasteiger partial charge in [-0.05, 0) is 42.3 Å². The highest BCUT2D eigenvalue weighted by atomic mass is 28.4. The molecule has 4 rings (SSSR count). The number of hydrogen-bond donors (Lipinski definition) is 0. The highest BCUT2D eigenvalue weighted by Gasteiger charge is 2.66. The number of carbonyl (C=O) groups excluding carboxylic acids is 3. The van der Waals surface area contributed by atoms with Crippen LogP contribution in [0.1, 0.15) is 54.4 Å². The zero-order valence-corrected chi connectivity index (χ0v) is 20.4. The van der Waals surface area contributed by atoms with E-state index in [0.29, 0.717) is 18.4 Å². The molecule has 0 radical (unpaired) electrons. The SMILES string of the molecule is CC1=CC(=O)[C@H]2CC(O[Si](C)(C)C(C)(C)C)=C3C[C@@H]4OC(=O)[C@@H](C)[C@@H]4[C@H]3[C@@]2(C)C1=O. The molecule has 0 amide bonds. The van der Waals surface area contributed by atoms with Crippen molar-refractivity contribution < 1.29 is 23.5 Å². The molecule has 0 spiro atoms. The number of fused-ring (bicyclic) bond motifs is 5. The number of allylic oxidation sites excluding steroid dienone is 3. The van der Waals surface area contributed by atoms with Gasteiger partial charge < -0.3 is 9.16 Å². The van der Waals surface area contributed by atoms with Crippen LogP contribution in [-0.4, -0.2) is 32.0 Å². The fraction of sp³-hybridized carbons (Fsp3) is 0.708. The molecule has 4 aliphatic rings. The molecule has 3 aliphatic carbocycles. The lowest BCUT2D eigenvalue weighted by Crippen LogP contribution is -2.54. The monoisotopic (exact) mass is 430 g/mol. The van der Waals surface area contributed by atoms with Crippen LogP contribution in [0.15, 0.2) is 23.0 Å². The molecule has 1 saturated heterocycles. The average Bonchev–Trinajstić information content (AvgIpc) is 3.11. The summed E-state index contributed by atoms with van der Waals surface area (Å²) in [5.41, 5.74) is 0.796. The summed E-state index contributed by atoms with van der Waals surface area (Å²) in [4.78, 5) is 39.0. The van der Waals surface area contributed by atoms with Gasteiger partial charge in [-0.15, -0.1) is 0 Å². The molecular weight excluding hydrogens is 396 g/mol. The molecule has 0 aromatic heterocycles. The van der Waals surface area contributed by atoms with Crippen LogP contribution in [0.2, 0.25) is 18.1 Å². The first-order valence-corrected chi connectivity index (χ1v) is 14.0. The Morgan fingerprint density at radius 3 is 2.40 bits per heavy atom. The Bertz CT molecular complexity index is 905. The Hall–Kier alpha value is -1.69. The number of hydrogen-bond acceptors (Lipinski definition) is 5. The third-order valence-electron chi connectivity index (χ3n) is 8.68. The zero-order valence-electron chi connectivity index (χ0n) is 19.4. The van der Waals surface area contributed by atoms with Gasteiger partial charge in [0.15, 0.2) is 11.6 Å². The molecule has 6 atom stereocenters. The molecule has 5 nitrogen and oxygen atoms in total. The highest BCUT2D eigenvalue weighted by Crippen LogP contribution is 2.63. The normalized spacial score (nSPS) is 38.7. The van der Waals surface area contributed by atoms with E-state index in [1.807, 2.05) is 13.8 Å². The van der Waals surface area contributed by atoms with Crippen molar-refractivity contribution in [1.82, 2.24) is 0 Å². The van der Waals surface area contributed by atoms with Crippen molar-refractivity contribution >= 4 is 25.9 Å². The lowest BCUT2D eigenvalue weighted by atomic mass is 9.52. The summed E-state index contributed by atoms with van der Waals surface area (Å²) >= 11 is 0. The van der Waals surface area contributed by atoms with Crippen LogP contribution in [0.4, 0.5) is 0 Å². The molecule has 0 bridgehead atoms. The van der Waals surface area contributed by atoms with Crippen molar-refractivity contribution in [2.45, 2.75) is 78.6 Å². The van der Waals surface area contributed by atoms with Gasteiger partial charge in [-0.3, -0.25) is 14.4 Å². The molecular formula is C24H34O5Si. The molecule has 0 N–H and O–H groups in total. The van der Waals surface area contributed by atoms with Crippen LogP contribution in [0.25, 0.3) is 0 Å². The second-order valence-corrected chi connectivity index (χ2v) is 16.2. The van der Waals surface area contributed by atoms with Gasteiger partial charge in [-0.25, -0.2) is 0 Å². The number of ether oxygens (including phenoxy) is 1. The van der Waals surface area contributed by atoms with E-state index in [0.717, 1.165) is 11.3 Å². The third kappa shape index (κ3) is 2.75. The maximum absolute atomic E-state index is 13.5. The van der Waals surface area contributed by atoms with Crippen molar-refractivity contribution in [2.75, 3.05) is 0 Å². The largest absolute Gasteiger partial charge is 0.547 e. The number of carbonyl (C=O) groups is 3. The van der Waals surface area contributed by atoms with Gasteiger partial charge in [0.2, 0.25) is 8.32 Å². The number of esters is 1. The van der Waals surface area contributed by atoms with E-state index in [9.17, 15) is 14.4 Å². The van der Waals surface area contributed by atoms with E-state index in [2.05, 4.69) is 33.9 Å². The molecule has 1 heterocycles. The van der Waals surface area contributed by atoms with E-state index in [4.69, 9.17) is 9.16 Å². The van der Waals surface area contributed by atoms with Crippen LogP contribution in [0.5, 0.6) is 0 Å². The first-order valence-electron chi connectivity index (χ1n) is 11.1. The standard InChI is InChI=1S/C24H34O5Si/c1-12-9-16(25)15-11-17(29-30(7,8)23(3,4)5)14-10-18-19(13(2)22(27)28-18)20(14)24(15,6)21(12)26/h9,13,15,18-20H,10-11H2,1-8H3/t13-,15+,18-,19-,20-,24-/m0/s1. The lowest BCUT2D eigenvalue weighted by molar-refractivity contribution is -0.144. The first kappa shape index (κ1) is 21.5. The maximum atomic E-state index is 13.5. The molecule has 2 fully saturated rings. The summed E-state index contributed by atoms with van der Waals surface area (Å²) in [6, 6.07) is 0. The fourth-order valence-corrected chi connectivity index (χ4v) is 7.07. The summed E-state index contributed by atoms with van der Waals surface area (Å²) in [7, 11) is -2.13. The van der Waals surface area contributed by atoms with Gasteiger partial charge in [-0.1, -0.05) is 34.6 Å². The van der Waals surface area contributed by atoms with Crippen molar-refractivity contribution in [1.29, 1.82) is 0 Å². The van der Waals surface area contributed by atoms with Gasteiger partial charge in [0.1, 0.15) is 6.10 Å². The van der Waals surface area contributed by atoms with Crippen LogP contribution in [-0.2, 0) is 23.5 Å². The molecule has 0 aromatic carbocycles. The van der Waals surface area contributed by atoms with E-state index in [1.54, 1.807) is 6.92 Å². The van der Waals surface area contributed by atoms with Gasteiger partial charge in [0, 0.05) is 36.0 Å². The summed E-state index contributed by atoms with van der Waals surface area (Å²) in [5.74, 6) is -0.257.